The Balaban J connectivity index is 2.59. The lowest BCUT2D eigenvalue weighted by Crippen LogP contribution is -1.88. The molecule has 0 aliphatic rings. The quantitative estimate of drug-likeness (QED) is 0.408. The molecule has 6 nitrogen and oxygen atoms in total. The van der Waals surface area contributed by atoms with Gasteiger partial charge in [0.25, 0.3) is 5.69 Å². The topological polar surface area (TPSA) is 84.7 Å². The third-order valence-electron chi connectivity index (χ3n) is 2.54. The fourth-order valence-electron chi connectivity index (χ4n) is 1.84. The second-order valence-corrected chi connectivity index (χ2v) is 3.83. The summed E-state index contributed by atoms with van der Waals surface area (Å²) in [6.07, 6.45) is 1.29. The summed E-state index contributed by atoms with van der Waals surface area (Å²) in [6.45, 7) is 0. The molecular formula is C10H5ClN4O2. The molecule has 0 unspecified atom stereocenters. The Morgan fingerprint density at radius 3 is 2.94 bits per heavy atom. The van der Waals surface area contributed by atoms with Crippen LogP contribution in [0, 0.1) is 10.1 Å². The number of aromatic amines is 1. The number of benzene rings is 1. The second-order valence-electron chi connectivity index (χ2n) is 3.47. The van der Waals surface area contributed by atoms with Crippen LogP contribution in [-0.2, 0) is 0 Å². The molecule has 0 bridgehead atoms. The molecule has 0 spiro atoms. The maximum atomic E-state index is 11.0. The molecule has 2 aromatic heterocycles. The first-order chi connectivity index (χ1) is 8.18. The van der Waals surface area contributed by atoms with Crippen molar-refractivity contribution < 1.29 is 4.92 Å². The number of nitrogens with one attached hydrogen (secondary N) is 1. The van der Waals surface area contributed by atoms with Crippen molar-refractivity contribution in [3.8, 4) is 0 Å². The number of fused-ring (bicyclic) bond motifs is 3. The van der Waals surface area contributed by atoms with Gasteiger partial charge in [-0.25, -0.2) is 9.97 Å². The standard InChI is InChI=1S/C10H5ClN4O2/c11-10-9-8(12-4-13-10)7-5(14-9)2-1-3-6(7)15(16)17/h1-4,14H. The lowest BCUT2D eigenvalue weighted by molar-refractivity contribution is -0.383. The van der Waals surface area contributed by atoms with Gasteiger partial charge in [0.15, 0.2) is 5.15 Å². The van der Waals surface area contributed by atoms with E-state index < -0.39 is 4.92 Å². The zero-order valence-corrected chi connectivity index (χ0v) is 9.10. The first kappa shape index (κ1) is 9.98. The van der Waals surface area contributed by atoms with Crippen LogP contribution in [0.5, 0.6) is 0 Å². The molecule has 0 radical (unpaired) electrons. The highest BCUT2D eigenvalue weighted by Gasteiger charge is 2.18. The minimum Gasteiger partial charge on any atom is -0.350 e. The van der Waals surface area contributed by atoms with Crippen LogP contribution in [0.1, 0.15) is 0 Å². The number of aromatic nitrogens is 3. The van der Waals surface area contributed by atoms with Crippen molar-refractivity contribution in [2.45, 2.75) is 0 Å². The third-order valence-corrected chi connectivity index (χ3v) is 2.82. The molecule has 1 aromatic carbocycles. The summed E-state index contributed by atoms with van der Waals surface area (Å²) < 4.78 is 0. The van der Waals surface area contributed by atoms with E-state index in [0.717, 1.165) is 0 Å². The molecule has 1 N–H and O–H groups in total. The molecule has 0 saturated heterocycles. The molecule has 0 saturated carbocycles. The Bertz CT molecular complexity index is 752. The predicted molar refractivity (Wildman–Crippen MR) is 63.1 cm³/mol. The van der Waals surface area contributed by atoms with Crippen molar-refractivity contribution in [2.75, 3.05) is 0 Å². The molecule has 17 heavy (non-hydrogen) atoms. The van der Waals surface area contributed by atoms with Crippen molar-refractivity contribution >= 4 is 39.2 Å². The normalized spacial score (nSPS) is 11.1. The number of hydrogen-bond donors (Lipinski definition) is 1. The Labute approximate surface area is 99.4 Å². The van der Waals surface area contributed by atoms with E-state index in [4.69, 9.17) is 11.6 Å². The van der Waals surface area contributed by atoms with Crippen LogP contribution in [0.3, 0.4) is 0 Å². The number of nitro benzene ring substituents is 1. The van der Waals surface area contributed by atoms with Crippen LogP contribution in [-0.4, -0.2) is 19.9 Å². The number of nitrogens with zero attached hydrogens (tertiary/aromatic N) is 3. The second kappa shape index (κ2) is 3.39. The van der Waals surface area contributed by atoms with Crippen LogP contribution in [0.25, 0.3) is 21.9 Å². The van der Waals surface area contributed by atoms with Crippen molar-refractivity contribution in [3.63, 3.8) is 0 Å². The Morgan fingerprint density at radius 2 is 2.18 bits per heavy atom. The van der Waals surface area contributed by atoms with E-state index in [-0.39, 0.29) is 10.8 Å². The monoisotopic (exact) mass is 248 g/mol. The first-order valence-electron chi connectivity index (χ1n) is 4.74. The Hall–Kier alpha value is -2.21. The van der Waals surface area contributed by atoms with Gasteiger partial charge in [-0.15, -0.1) is 0 Å². The molecular weight excluding hydrogens is 244 g/mol. The molecule has 84 valence electrons. The smallest absolute Gasteiger partial charge is 0.280 e. The minimum absolute atomic E-state index is 0.00326. The van der Waals surface area contributed by atoms with Gasteiger partial charge in [0, 0.05) is 6.07 Å². The minimum atomic E-state index is -0.439. The van der Waals surface area contributed by atoms with Crippen LogP contribution in [0.2, 0.25) is 5.15 Å². The highest BCUT2D eigenvalue weighted by Crippen LogP contribution is 2.33. The predicted octanol–water partition coefficient (Wildman–Crippen LogP) is 2.67. The number of H-pyrrole nitrogens is 1. The fourth-order valence-corrected chi connectivity index (χ4v) is 2.02. The molecule has 0 aliphatic carbocycles. The van der Waals surface area contributed by atoms with Gasteiger partial charge in [-0.2, -0.15) is 0 Å². The van der Waals surface area contributed by atoms with Crippen LogP contribution >= 0.6 is 11.6 Å². The molecule has 3 aromatic rings. The Morgan fingerprint density at radius 1 is 1.35 bits per heavy atom. The molecule has 7 heteroatoms. The first-order valence-corrected chi connectivity index (χ1v) is 5.11. The third kappa shape index (κ3) is 1.34. The number of non-ortho nitro benzene ring substituents is 1. The molecule has 3 rings (SSSR count). The van der Waals surface area contributed by atoms with E-state index in [9.17, 15) is 10.1 Å². The summed E-state index contributed by atoms with van der Waals surface area (Å²) in [6, 6.07) is 4.78. The van der Waals surface area contributed by atoms with E-state index in [0.29, 0.717) is 21.9 Å². The SMILES string of the molecule is O=[N+]([O-])c1cccc2[nH]c3c(Cl)ncnc3c12. The van der Waals surface area contributed by atoms with Gasteiger partial charge in [-0.1, -0.05) is 17.7 Å². The van der Waals surface area contributed by atoms with Crippen molar-refractivity contribution in [3.05, 3.63) is 39.8 Å². The summed E-state index contributed by atoms with van der Waals surface area (Å²) in [4.78, 5) is 21.4. The summed E-state index contributed by atoms with van der Waals surface area (Å²) in [5, 5.41) is 11.7. The van der Waals surface area contributed by atoms with Crippen molar-refractivity contribution in [2.24, 2.45) is 0 Å². The summed E-state index contributed by atoms with van der Waals surface area (Å²) in [5.41, 5.74) is 1.60. The van der Waals surface area contributed by atoms with Gasteiger partial charge in [0.2, 0.25) is 0 Å². The van der Waals surface area contributed by atoms with Gasteiger partial charge in [0.1, 0.15) is 22.7 Å². The van der Waals surface area contributed by atoms with E-state index >= 15 is 0 Å². The average Bonchev–Trinajstić information content (AvgIpc) is 2.69. The number of rotatable bonds is 1. The lowest BCUT2D eigenvalue weighted by Gasteiger charge is -1.93. The van der Waals surface area contributed by atoms with Gasteiger partial charge in [-0.3, -0.25) is 10.1 Å². The average molecular weight is 249 g/mol. The van der Waals surface area contributed by atoms with Crippen LogP contribution in [0.4, 0.5) is 5.69 Å². The van der Waals surface area contributed by atoms with Crippen LogP contribution in [0.15, 0.2) is 24.5 Å². The Kier molecular flexibility index (Phi) is 1.99. The number of nitro groups is 1. The highest BCUT2D eigenvalue weighted by molar-refractivity contribution is 6.34. The maximum Gasteiger partial charge on any atom is 0.280 e. The van der Waals surface area contributed by atoms with Crippen LogP contribution < -0.4 is 0 Å². The van der Waals surface area contributed by atoms with Crippen molar-refractivity contribution in [1.82, 2.24) is 15.0 Å². The summed E-state index contributed by atoms with van der Waals surface area (Å²) in [7, 11) is 0. The lowest BCUT2D eigenvalue weighted by atomic mass is 10.2. The largest absolute Gasteiger partial charge is 0.350 e. The summed E-state index contributed by atoms with van der Waals surface area (Å²) >= 11 is 5.91. The zero-order chi connectivity index (χ0) is 12.0. The van der Waals surface area contributed by atoms with Gasteiger partial charge < -0.3 is 4.98 Å². The fraction of sp³-hybridized carbons (Fsp3) is 0. The molecule has 0 aliphatic heterocycles. The number of hydrogen-bond acceptors (Lipinski definition) is 4. The number of halogens is 1. The maximum absolute atomic E-state index is 11.0. The molecule has 2 heterocycles. The van der Waals surface area contributed by atoms with Gasteiger partial charge >= 0.3 is 0 Å². The molecule has 0 fully saturated rings. The van der Waals surface area contributed by atoms with Gasteiger partial charge in [0.05, 0.1) is 10.4 Å². The zero-order valence-electron chi connectivity index (χ0n) is 8.35. The van der Waals surface area contributed by atoms with E-state index in [2.05, 4.69) is 15.0 Å². The summed E-state index contributed by atoms with van der Waals surface area (Å²) in [5.74, 6) is 0. The highest BCUT2D eigenvalue weighted by atomic mass is 35.5. The molecule has 0 atom stereocenters. The van der Waals surface area contributed by atoms with E-state index in [1.54, 1.807) is 12.1 Å². The molecule has 0 amide bonds. The van der Waals surface area contributed by atoms with E-state index in [1.165, 1.54) is 12.4 Å². The van der Waals surface area contributed by atoms with Gasteiger partial charge in [-0.05, 0) is 6.07 Å². The van der Waals surface area contributed by atoms with E-state index in [1.807, 2.05) is 0 Å². The van der Waals surface area contributed by atoms with Crippen molar-refractivity contribution in [1.29, 1.82) is 0 Å².